The van der Waals surface area contributed by atoms with Gasteiger partial charge in [0.1, 0.15) is 5.76 Å². The van der Waals surface area contributed by atoms with Crippen molar-refractivity contribution in [3.05, 3.63) is 40.6 Å². The minimum absolute atomic E-state index is 0.751. The molecule has 0 spiro atoms. The predicted octanol–water partition coefficient (Wildman–Crippen LogP) is 2.17. The van der Waals surface area contributed by atoms with E-state index in [0.717, 1.165) is 24.5 Å². The molecule has 0 saturated carbocycles. The van der Waals surface area contributed by atoms with E-state index < -0.39 is 0 Å². The summed E-state index contributed by atoms with van der Waals surface area (Å²) < 4.78 is 7.49. The molecule has 2 aromatic rings. The largest absolute Gasteiger partial charge is 0.468 e. The zero-order chi connectivity index (χ0) is 12.4. The Hall–Kier alpha value is -1.55. The summed E-state index contributed by atoms with van der Waals surface area (Å²) in [5.74, 6) is 0.984. The lowest BCUT2D eigenvalue weighted by atomic mass is 10.2. The summed E-state index contributed by atoms with van der Waals surface area (Å²) in [7, 11) is 1.92. The van der Waals surface area contributed by atoms with Gasteiger partial charge in [-0.25, -0.2) is 0 Å². The van der Waals surface area contributed by atoms with Gasteiger partial charge in [-0.3, -0.25) is 4.68 Å². The molecule has 0 aliphatic heterocycles. The average molecular weight is 233 g/mol. The first kappa shape index (κ1) is 11.9. The van der Waals surface area contributed by atoms with Gasteiger partial charge in [0.05, 0.1) is 25.0 Å². The minimum atomic E-state index is 0.751. The molecule has 0 saturated heterocycles. The number of aromatic nitrogens is 2. The van der Waals surface area contributed by atoms with E-state index in [1.54, 1.807) is 6.26 Å². The van der Waals surface area contributed by atoms with Crippen LogP contribution < -0.4 is 5.32 Å². The highest BCUT2D eigenvalue weighted by atomic mass is 16.3. The number of hydrogen-bond acceptors (Lipinski definition) is 3. The third kappa shape index (κ3) is 2.26. The lowest BCUT2D eigenvalue weighted by Gasteiger charge is -2.05. The first-order chi connectivity index (χ1) is 8.13. The fraction of sp³-hybridized carbons (Fsp3) is 0.462. The van der Waals surface area contributed by atoms with E-state index in [4.69, 9.17) is 4.42 Å². The molecule has 2 rings (SSSR count). The summed E-state index contributed by atoms with van der Waals surface area (Å²) in [4.78, 5) is 0. The smallest absolute Gasteiger partial charge is 0.122 e. The van der Waals surface area contributed by atoms with Gasteiger partial charge >= 0.3 is 0 Å². The van der Waals surface area contributed by atoms with E-state index in [-0.39, 0.29) is 0 Å². The second-order valence-corrected chi connectivity index (χ2v) is 4.35. The van der Waals surface area contributed by atoms with Gasteiger partial charge in [0, 0.05) is 11.3 Å². The fourth-order valence-electron chi connectivity index (χ4n) is 1.93. The highest BCUT2D eigenvalue weighted by Gasteiger charge is 2.11. The van der Waals surface area contributed by atoms with E-state index in [1.165, 1.54) is 16.8 Å². The lowest BCUT2D eigenvalue weighted by Crippen LogP contribution is -2.09. The molecule has 0 aliphatic carbocycles. The molecule has 0 amide bonds. The average Bonchev–Trinajstić information content (AvgIpc) is 2.82. The van der Waals surface area contributed by atoms with Crippen LogP contribution in [-0.2, 0) is 13.1 Å². The minimum Gasteiger partial charge on any atom is -0.468 e. The number of rotatable bonds is 4. The molecule has 2 heterocycles. The normalized spacial score (nSPS) is 11.1. The molecular weight excluding hydrogens is 214 g/mol. The van der Waals surface area contributed by atoms with Gasteiger partial charge in [0.25, 0.3) is 0 Å². The second kappa shape index (κ2) is 4.75. The maximum absolute atomic E-state index is 5.45. The zero-order valence-electron chi connectivity index (χ0n) is 10.9. The summed E-state index contributed by atoms with van der Waals surface area (Å²) in [6, 6.07) is 2.01. The molecule has 4 heteroatoms. The van der Waals surface area contributed by atoms with Crippen LogP contribution in [-0.4, -0.2) is 16.8 Å². The summed E-state index contributed by atoms with van der Waals surface area (Å²) in [6.07, 6.45) is 1.74. The highest BCUT2D eigenvalue weighted by molar-refractivity contribution is 5.24. The summed E-state index contributed by atoms with van der Waals surface area (Å²) in [5.41, 5.74) is 4.77. The predicted molar refractivity (Wildman–Crippen MR) is 67.0 cm³/mol. The molecule has 1 N–H and O–H groups in total. The number of furan rings is 1. The Morgan fingerprint density at radius 3 is 2.71 bits per heavy atom. The molecule has 4 nitrogen and oxygen atoms in total. The molecule has 2 aromatic heterocycles. The lowest BCUT2D eigenvalue weighted by molar-refractivity contribution is 0.486. The zero-order valence-corrected chi connectivity index (χ0v) is 10.9. The van der Waals surface area contributed by atoms with Gasteiger partial charge in [0.15, 0.2) is 0 Å². The van der Waals surface area contributed by atoms with Gasteiger partial charge in [-0.15, -0.1) is 0 Å². The van der Waals surface area contributed by atoms with Crippen LogP contribution >= 0.6 is 0 Å². The van der Waals surface area contributed by atoms with Crippen molar-refractivity contribution in [1.29, 1.82) is 0 Å². The Morgan fingerprint density at radius 2 is 2.12 bits per heavy atom. The van der Waals surface area contributed by atoms with Crippen LogP contribution in [0.1, 0.15) is 28.3 Å². The second-order valence-electron chi connectivity index (χ2n) is 4.35. The molecule has 0 aromatic carbocycles. The Balaban J connectivity index is 2.25. The molecule has 92 valence electrons. The van der Waals surface area contributed by atoms with Crippen LogP contribution in [0, 0.1) is 20.8 Å². The van der Waals surface area contributed by atoms with Crippen molar-refractivity contribution in [2.45, 2.75) is 33.9 Å². The molecule has 0 aliphatic rings. The topological polar surface area (TPSA) is 43.0 Å². The van der Waals surface area contributed by atoms with Gasteiger partial charge < -0.3 is 9.73 Å². The number of hydrogen-bond donors (Lipinski definition) is 1. The quantitative estimate of drug-likeness (QED) is 0.880. The Morgan fingerprint density at radius 1 is 1.35 bits per heavy atom. The summed E-state index contributed by atoms with van der Waals surface area (Å²) in [6.45, 7) is 7.78. The maximum Gasteiger partial charge on any atom is 0.122 e. The molecular formula is C13H19N3O. The monoisotopic (exact) mass is 233 g/mol. The Bertz CT molecular complexity index is 511. The molecule has 0 atom stereocenters. The van der Waals surface area contributed by atoms with E-state index in [0.29, 0.717) is 0 Å². The van der Waals surface area contributed by atoms with Crippen molar-refractivity contribution in [2.75, 3.05) is 7.05 Å². The number of nitrogens with zero attached hydrogens (tertiary/aromatic N) is 2. The SMILES string of the molecule is CNCc1occc1Cn1nc(C)c(C)c1C. The molecule has 0 bridgehead atoms. The first-order valence-electron chi connectivity index (χ1n) is 5.84. The maximum atomic E-state index is 5.45. The van der Waals surface area contributed by atoms with Crippen LogP contribution in [0.15, 0.2) is 16.7 Å². The third-order valence-corrected chi connectivity index (χ3v) is 3.24. The molecule has 17 heavy (non-hydrogen) atoms. The van der Waals surface area contributed by atoms with Crippen molar-refractivity contribution in [1.82, 2.24) is 15.1 Å². The van der Waals surface area contributed by atoms with Crippen molar-refractivity contribution >= 4 is 0 Å². The molecule has 0 unspecified atom stereocenters. The van der Waals surface area contributed by atoms with Gasteiger partial charge in [-0.2, -0.15) is 5.10 Å². The Labute approximate surface area is 102 Å². The highest BCUT2D eigenvalue weighted by Crippen LogP contribution is 2.16. The van der Waals surface area contributed by atoms with E-state index >= 15 is 0 Å². The number of aryl methyl sites for hydroxylation is 1. The van der Waals surface area contributed by atoms with E-state index in [1.807, 2.05) is 24.7 Å². The number of nitrogens with one attached hydrogen (secondary N) is 1. The van der Waals surface area contributed by atoms with E-state index in [2.05, 4.69) is 24.3 Å². The van der Waals surface area contributed by atoms with Crippen LogP contribution in [0.5, 0.6) is 0 Å². The van der Waals surface area contributed by atoms with Crippen molar-refractivity contribution in [3.63, 3.8) is 0 Å². The van der Waals surface area contributed by atoms with Crippen molar-refractivity contribution < 1.29 is 4.42 Å². The van der Waals surface area contributed by atoms with Gasteiger partial charge in [-0.1, -0.05) is 0 Å². The fourth-order valence-corrected chi connectivity index (χ4v) is 1.93. The van der Waals surface area contributed by atoms with Crippen LogP contribution in [0.3, 0.4) is 0 Å². The van der Waals surface area contributed by atoms with Crippen LogP contribution in [0.25, 0.3) is 0 Å². The van der Waals surface area contributed by atoms with Crippen LogP contribution in [0.2, 0.25) is 0 Å². The Kier molecular flexibility index (Phi) is 3.33. The van der Waals surface area contributed by atoms with Gasteiger partial charge in [0.2, 0.25) is 0 Å². The molecule has 0 fully saturated rings. The van der Waals surface area contributed by atoms with Crippen LogP contribution in [0.4, 0.5) is 0 Å². The van der Waals surface area contributed by atoms with Crippen molar-refractivity contribution in [2.24, 2.45) is 0 Å². The van der Waals surface area contributed by atoms with E-state index in [9.17, 15) is 0 Å². The van der Waals surface area contributed by atoms with Gasteiger partial charge in [-0.05, 0) is 39.4 Å². The summed E-state index contributed by atoms with van der Waals surface area (Å²) in [5, 5.41) is 7.64. The third-order valence-electron chi connectivity index (χ3n) is 3.24. The first-order valence-corrected chi connectivity index (χ1v) is 5.84. The molecule has 0 radical (unpaired) electrons. The standard InChI is InChI=1S/C13H19N3O/c1-9-10(2)15-16(11(9)3)8-12-5-6-17-13(12)7-14-4/h5-6,14H,7-8H2,1-4H3. The van der Waals surface area contributed by atoms with Crippen molar-refractivity contribution in [3.8, 4) is 0 Å². The summed E-state index contributed by atoms with van der Waals surface area (Å²) >= 11 is 0.